The van der Waals surface area contributed by atoms with E-state index in [1.54, 1.807) is 0 Å². The van der Waals surface area contributed by atoms with Gasteiger partial charge < -0.3 is 5.11 Å². The fourth-order valence-corrected chi connectivity index (χ4v) is 5.24. The Balaban J connectivity index is 1.74. The standard InChI is InChI=1S/C22H22O3/c1-2-22-17(19(22)21(24)25)13-16(20(22)23)18(14-9-5-3-6-10-14)15-11-7-4-8-12-15/h3-12,16-19H,2,13H2,1H3,(H,24,25). The van der Waals surface area contributed by atoms with E-state index in [9.17, 15) is 14.7 Å². The Hall–Kier alpha value is -2.42. The van der Waals surface area contributed by atoms with Gasteiger partial charge in [-0.15, -0.1) is 0 Å². The zero-order valence-electron chi connectivity index (χ0n) is 14.3. The molecule has 2 fully saturated rings. The zero-order chi connectivity index (χ0) is 17.6. The summed E-state index contributed by atoms with van der Waals surface area (Å²) in [5, 5.41) is 9.48. The lowest BCUT2D eigenvalue weighted by Gasteiger charge is -2.27. The third-order valence-corrected chi connectivity index (χ3v) is 6.38. The number of Topliss-reactive ketones (excluding diaryl/α,β-unsaturated/α-hetero) is 1. The fourth-order valence-electron chi connectivity index (χ4n) is 5.24. The minimum Gasteiger partial charge on any atom is -0.481 e. The Labute approximate surface area is 147 Å². The number of carboxylic acids is 1. The van der Waals surface area contributed by atoms with Crippen molar-refractivity contribution in [3.05, 3.63) is 71.8 Å². The number of hydrogen-bond donors (Lipinski definition) is 1. The predicted molar refractivity (Wildman–Crippen MR) is 95.2 cm³/mol. The molecular weight excluding hydrogens is 312 g/mol. The maximum Gasteiger partial charge on any atom is 0.307 e. The van der Waals surface area contributed by atoms with E-state index in [0.29, 0.717) is 12.8 Å². The van der Waals surface area contributed by atoms with Crippen molar-refractivity contribution in [2.24, 2.45) is 23.2 Å². The van der Waals surface area contributed by atoms with Crippen molar-refractivity contribution >= 4 is 11.8 Å². The zero-order valence-corrected chi connectivity index (χ0v) is 14.3. The van der Waals surface area contributed by atoms with E-state index in [0.717, 1.165) is 11.1 Å². The van der Waals surface area contributed by atoms with E-state index >= 15 is 0 Å². The molecule has 4 rings (SSSR count). The number of carbonyl (C=O) groups excluding carboxylic acids is 1. The molecule has 2 aliphatic carbocycles. The third kappa shape index (κ3) is 2.25. The highest BCUT2D eigenvalue weighted by Gasteiger charge is 2.76. The van der Waals surface area contributed by atoms with Crippen molar-refractivity contribution < 1.29 is 14.7 Å². The van der Waals surface area contributed by atoms with Crippen LogP contribution in [0.1, 0.15) is 36.8 Å². The molecule has 0 radical (unpaired) electrons. The van der Waals surface area contributed by atoms with Crippen LogP contribution in [0.5, 0.6) is 0 Å². The second kappa shape index (κ2) is 5.83. The largest absolute Gasteiger partial charge is 0.481 e. The maximum absolute atomic E-state index is 13.3. The van der Waals surface area contributed by atoms with Gasteiger partial charge in [0.15, 0.2) is 0 Å². The molecule has 0 bridgehead atoms. The number of carboxylic acid groups (broad SMARTS) is 1. The van der Waals surface area contributed by atoms with E-state index in [1.165, 1.54) is 0 Å². The normalized spacial score (nSPS) is 30.3. The fraction of sp³-hybridized carbons (Fsp3) is 0.364. The number of benzene rings is 2. The van der Waals surface area contributed by atoms with Gasteiger partial charge in [0.25, 0.3) is 0 Å². The molecule has 0 aliphatic heterocycles. The van der Waals surface area contributed by atoms with Crippen LogP contribution in [0.3, 0.4) is 0 Å². The molecule has 0 amide bonds. The molecule has 4 atom stereocenters. The smallest absolute Gasteiger partial charge is 0.307 e. The van der Waals surface area contributed by atoms with E-state index in [2.05, 4.69) is 24.3 Å². The molecule has 2 aliphatic rings. The monoisotopic (exact) mass is 334 g/mol. The van der Waals surface area contributed by atoms with Crippen molar-refractivity contribution in [2.45, 2.75) is 25.7 Å². The van der Waals surface area contributed by atoms with Crippen LogP contribution in [0.25, 0.3) is 0 Å². The minimum absolute atomic E-state index is 0.000528. The molecule has 1 N–H and O–H groups in total. The van der Waals surface area contributed by atoms with Crippen molar-refractivity contribution in [3.63, 3.8) is 0 Å². The van der Waals surface area contributed by atoms with Gasteiger partial charge in [0.1, 0.15) is 5.78 Å². The first-order chi connectivity index (χ1) is 12.1. The van der Waals surface area contributed by atoms with E-state index in [4.69, 9.17) is 0 Å². The summed E-state index contributed by atoms with van der Waals surface area (Å²) in [6, 6.07) is 20.3. The average molecular weight is 334 g/mol. The molecule has 2 aromatic carbocycles. The van der Waals surface area contributed by atoms with Gasteiger partial charge in [-0.25, -0.2) is 0 Å². The number of fused-ring (bicyclic) bond motifs is 1. The number of hydrogen-bond acceptors (Lipinski definition) is 2. The molecule has 2 saturated carbocycles. The summed E-state index contributed by atoms with van der Waals surface area (Å²) in [6.45, 7) is 1.95. The Bertz CT molecular complexity index is 759. The first-order valence-electron chi connectivity index (χ1n) is 8.98. The van der Waals surface area contributed by atoms with Gasteiger partial charge in [0.2, 0.25) is 0 Å². The number of aliphatic carboxylic acids is 1. The lowest BCUT2D eigenvalue weighted by molar-refractivity contribution is -0.142. The van der Waals surface area contributed by atoms with Crippen LogP contribution in [0.15, 0.2) is 60.7 Å². The summed E-state index contributed by atoms with van der Waals surface area (Å²) in [7, 11) is 0. The summed E-state index contributed by atoms with van der Waals surface area (Å²) in [5.41, 5.74) is 1.64. The van der Waals surface area contributed by atoms with Gasteiger partial charge in [-0.2, -0.15) is 0 Å². The number of carbonyl (C=O) groups is 2. The predicted octanol–water partition coefficient (Wildman–Crippen LogP) is 4.13. The summed E-state index contributed by atoms with van der Waals surface area (Å²) in [5.74, 6) is -1.26. The summed E-state index contributed by atoms with van der Waals surface area (Å²) in [6.07, 6.45) is 1.30. The van der Waals surface area contributed by atoms with Gasteiger partial charge in [0, 0.05) is 17.3 Å². The van der Waals surface area contributed by atoms with Crippen molar-refractivity contribution in [3.8, 4) is 0 Å². The van der Waals surface area contributed by atoms with E-state index in [1.807, 2.05) is 43.3 Å². The minimum atomic E-state index is -0.811. The maximum atomic E-state index is 13.3. The van der Waals surface area contributed by atoms with Crippen LogP contribution in [-0.2, 0) is 9.59 Å². The highest BCUT2D eigenvalue weighted by molar-refractivity contribution is 6.00. The molecule has 25 heavy (non-hydrogen) atoms. The molecule has 0 saturated heterocycles. The molecule has 0 heterocycles. The lowest BCUT2D eigenvalue weighted by Crippen LogP contribution is -2.29. The van der Waals surface area contributed by atoms with Crippen molar-refractivity contribution in [2.75, 3.05) is 0 Å². The second-order valence-corrected chi connectivity index (χ2v) is 7.32. The highest BCUT2D eigenvalue weighted by Crippen LogP contribution is 2.71. The van der Waals surface area contributed by atoms with Gasteiger partial charge in [-0.3, -0.25) is 9.59 Å². The Morgan fingerprint density at radius 1 is 1.08 bits per heavy atom. The van der Waals surface area contributed by atoms with Crippen LogP contribution in [0.2, 0.25) is 0 Å². The topological polar surface area (TPSA) is 54.4 Å². The van der Waals surface area contributed by atoms with Gasteiger partial charge in [-0.1, -0.05) is 67.6 Å². The van der Waals surface area contributed by atoms with Crippen LogP contribution < -0.4 is 0 Å². The molecular formula is C22H22O3. The van der Waals surface area contributed by atoms with Crippen molar-refractivity contribution in [1.29, 1.82) is 0 Å². The number of rotatable bonds is 5. The highest BCUT2D eigenvalue weighted by atomic mass is 16.4. The first-order valence-corrected chi connectivity index (χ1v) is 8.98. The van der Waals surface area contributed by atoms with Gasteiger partial charge in [-0.05, 0) is 29.9 Å². The van der Waals surface area contributed by atoms with Crippen LogP contribution in [-0.4, -0.2) is 16.9 Å². The van der Waals surface area contributed by atoms with Gasteiger partial charge in [0.05, 0.1) is 5.92 Å². The summed E-state index contributed by atoms with van der Waals surface area (Å²) in [4.78, 5) is 24.9. The van der Waals surface area contributed by atoms with Gasteiger partial charge >= 0.3 is 5.97 Å². The number of ketones is 1. The Morgan fingerprint density at radius 2 is 1.60 bits per heavy atom. The summed E-state index contributed by atoms with van der Waals surface area (Å²) >= 11 is 0. The van der Waals surface area contributed by atoms with Crippen LogP contribution in [0, 0.1) is 23.2 Å². The van der Waals surface area contributed by atoms with E-state index in [-0.39, 0.29) is 23.5 Å². The van der Waals surface area contributed by atoms with Crippen LogP contribution in [0.4, 0.5) is 0 Å². The first kappa shape index (κ1) is 16.1. The Kier molecular flexibility index (Phi) is 3.75. The molecule has 4 unspecified atom stereocenters. The average Bonchev–Trinajstić information content (AvgIpc) is 3.22. The van der Waals surface area contributed by atoms with Crippen LogP contribution >= 0.6 is 0 Å². The van der Waals surface area contributed by atoms with E-state index < -0.39 is 17.3 Å². The SMILES string of the molecule is CCC12C(=O)C(C(c3ccccc3)c3ccccc3)CC1C2C(=O)O. The summed E-state index contributed by atoms with van der Waals surface area (Å²) < 4.78 is 0. The molecule has 3 heteroatoms. The molecule has 0 spiro atoms. The van der Waals surface area contributed by atoms with Crippen molar-refractivity contribution in [1.82, 2.24) is 0 Å². The molecule has 3 nitrogen and oxygen atoms in total. The quantitative estimate of drug-likeness (QED) is 0.894. The second-order valence-electron chi connectivity index (χ2n) is 7.32. The molecule has 0 aromatic heterocycles. The Morgan fingerprint density at radius 3 is 2.00 bits per heavy atom. The lowest BCUT2D eigenvalue weighted by atomic mass is 9.75. The molecule has 2 aromatic rings. The third-order valence-electron chi connectivity index (χ3n) is 6.38. The molecule has 128 valence electrons.